The van der Waals surface area contributed by atoms with E-state index in [1.807, 2.05) is 34.7 Å². The molecule has 37 heavy (non-hydrogen) atoms. The van der Waals surface area contributed by atoms with E-state index in [4.69, 9.17) is 15.1 Å². The molecule has 4 aromatic rings. The Morgan fingerprint density at radius 2 is 1.70 bits per heavy atom. The molecule has 1 saturated heterocycles. The summed E-state index contributed by atoms with van der Waals surface area (Å²) in [4.78, 5) is 27.3. The van der Waals surface area contributed by atoms with Gasteiger partial charge in [0.05, 0.1) is 16.8 Å². The molecule has 7 nitrogen and oxygen atoms in total. The quantitative estimate of drug-likeness (QED) is 0.350. The summed E-state index contributed by atoms with van der Waals surface area (Å²) in [5, 5.41) is 5.89. The Kier molecular flexibility index (Phi) is 7.49. The van der Waals surface area contributed by atoms with E-state index >= 15 is 0 Å². The number of aromatic nitrogens is 4. The van der Waals surface area contributed by atoms with Gasteiger partial charge in [0.25, 0.3) is 0 Å². The molecular formula is C30H36N6O. The number of rotatable bonds is 7. The minimum atomic E-state index is 0.268. The summed E-state index contributed by atoms with van der Waals surface area (Å²) in [7, 11) is 0. The van der Waals surface area contributed by atoms with Crippen LogP contribution in [0, 0.1) is 13.8 Å². The Hall–Kier alpha value is -3.74. The number of fused-ring (bicyclic) bond motifs is 1. The van der Waals surface area contributed by atoms with Gasteiger partial charge in [0.1, 0.15) is 11.6 Å². The predicted molar refractivity (Wildman–Crippen MR) is 148 cm³/mol. The average Bonchev–Trinajstić information content (AvgIpc) is 3.08. The molecule has 192 valence electrons. The second-order valence-electron chi connectivity index (χ2n) is 9.98. The van der Waals surface area contributed by atoms with Gasteiger partial charge in [-0.3, -0.25) is 4.79 Å². The molecule has 0 atom stereocenters. The van der Waals surface area contributed by atoms with Crippen LogP contribution in [0.4, 0.5) is 5.82 Å². The molecule has 0 saturated carbocycles. The van der Waals surface area contributed by atoms with E-state index in [2.05, 4.69) is 55.1 Å². The standard InChI is InChI=1S/C30H36N6O/c1-4-5-12-27(37)34-17-9-18-35(20-19-34)29-28-23(3)33-36(25-10-7-6-8-11-25)30(28)32-26(31-29)21-24-15-13-22(2)14-16-24/h6-8,10-11,13-16H,4-5,9,12,17-21H2,1-3H3. The SMILES string of the molecule is CCCCC(=O)N1CCCN(c2nc(Cc3ccc(C)cc3)nc3c2c(C)nn3-c2ccccc2)CC1. The summed E-state index contributed by atoms with van der Waals surface area (Å²) in [6, 6.07) is 18.7. The smallest absolute Gasteiger partial charge is 0.222 e. The molecule has 0 radical (unpaired) electrons. The summed E-state index contributed by atoms with van der Waals surface area (Å²) in [6.07, 6.45) is 4.20. The first-order valence-corrected chi connectivity index (χ1v) is 13.4. The number of nitrogens with zero attached hydrogens (tertiary/aromatic N) is 6. The first-order valence-electron chi connectivity index (χ1n) is 13.4. The van der Waals surface area contributed by atoms with Crippen LogP contribution in [0.25, 0.3) is 16.7 Å². The van der Waals surface area contributed by atoms with E-state index < -0.39 is 0 Å². The molecule has 0 bridgehead atoms. The van der Waals surface area contributed by atoms with Gasteiger partial charge in [0, 0.05) is 39.0 Å². The Bertz CT molecular complexity index is 1360. The number of amides is 1. The number of hydrogen-bond acceptors (Lipinski definition) is 5. The molecule has 0 spiro atoms. The normalized spacial score (nSPS) is 14.2. The van der Waals surface area contributed by atoms with Gasteiger partial charge in [-0.2, -0.15) is 5.10 Å². The number of unbranched alkanes of at least 4 members (excludes halogenated alkanes) is 1. The Morgan fingerprint density at radius 3 is 2.46 bits per heavy atom. The maximum absolute atomic E-state index is 12.7. The van der Waals surface area contributed by atoms with Crippen LogP contribution in [0.1, 0.15) is 55.3 Å². The van der Waals surface area contributed by atoms with Crippen molar-refractivity contribution in [2.45, 2.75) is 52.9 Å². The van der Waals surface area contributed by atoms with Crippen LogP contribution in [0.3, 0.4) is 0 Å². The van der Waals surface area contributed by atoms with Crippen molar-refractivity contribution >= 4 is 22.8 Å². The number of anilines is 1. The van der Waals surface area contributed by atoms with Crippen LogP contribution in [-0.2, 0) is 11.2 Å². The highest BCUT2D eigenvalue weighted by Crippen LogP contribution is 2.30. The number of hydrogen-bond donors (Lipinski definition) is 0. The van der Waals surface area contributed by atoms with Crippen molar-refractivity contribution in [2.75, 3.05) is 31.1 Å². The first kappa shape index (κ1) is 24.9. The van der Waals surface area contributed by atoms with Gasteiger partial charge in [-0.25, -0.2) is 14.6 Å². The molecule has 7 heteroatoms. The minimum Gasteiger partial charge on any atom is -0.354 e. The molecule has 0 unspecified atom stereocenters. The lowest BCUT2D eigenvalue weighted by Crippen LogP contribution is -2.35. The van der Waals surface area contributed by atoms with Gasteiger partial charge < -0.3 is 9.80 Å². The monoisotopic (exact) mass is 496 g/mol. The number of benzene rings is 2. The van der Waals surface area contributed by atoms with E-state index in [-0.39, 0.29) is 5.91 Å². The van der Waals surface area contributed by atoms with Crippen LogP contribution >= 0.6 is 0 Å². The fourth-order valence-corrected chi connectivity index (χ4v) is 5.02. The third-order valence-electron chi connectivity index (χ3n) is 7.11. The highest BCUT2D eigenvalue weighted by atomic mass is 16.2. The zero-order valence-corrected chi connectivity index (χ0v) is 22.2. The lowest BCUT2D eigenvalue weighted by molar-refractivity contribution is -0.131. The van der Waals surface area contributed by atoms with Gasteiger partial charge in [0.15, 0.2) is 5.65 Å². The zero-order valence-electron chi connectivity index (χ0n) is 22.2. The number of aryl methyl sites for hydroxylation is 2. The second kappa shape index (κ2) is 11.1. The molecule has 0 N–H and O–H groups in total. The third-order valence-corrected chi connectivity index (χ3v) is 7.11. The maximum Gasteiger partial charge on any atom is 0.222 e. The van der Waals surface area contributed by atoms with Crippen LogP contribution in [-0.4, -0.2) is 56.7 Å². The maximum atomic E-state index is 12.7. The largest absolute Gasteiger partial charge is 0.354 e. The molecule has 1 fully saturated rings. The molecule has 0 aliphatic carbocycles. The predicted octanol–water partition coefficient (Wildman–Crippen LogP) is 5.25. The van der Waals surface area contributed by atoms with Crippen molar-refractivity contribution in [3.63, 3.8) is 0 Å². The number of para-hydroxylation sites is 1. The Balaban J connectivity index is 1.54. The number of carbonyl (C=O) groups is 1. The first-order chi connectivity index (χ1) is 18.0. The van der Waals surface area contributed by atoms with Crippen LogP contribution in [0.2, 0.25) is 0 Å². The van der Waals surface area contributed by atoms with Gasteiger partial charge in [-0.1, -0.05) is 61.4 Å². The topological polar surface area (TPSA) is 67.2 Å². The summed E-state index contributed by atoms with van der Waals surface area (Å²) in [6.45, 7) is 9.38. The molecule has 5 rings (SSSR count). The molecule has 2 aromatic heterocycles. The van der Waals surface area contributed by atoms with Crippen molar-refractivity contribution in [3.8, 4) is 5.69 Å². The molecule has 1 aliphatic rings. The fourth-order valence-electron chi connectivity index (χ4n) is 5.02. The summed E-state index contributed by atoms with van der Waals surface area (Å²) >= 11 is 0. The third kappa shape index (κ3) is 5.50. The minimum absolute atomic E-state index is 0.268. The fraction of sp³-hybridized carbons (Fsp3) is 0.400. The van der Waals surface area contributed by atoms with E-state index in [1.165, 1.54) is 11.1 Å². The molecule has 1 amide bonds. The van der Waals surface area contributed by atoms with Crippen molar-refractivity contribution in [1.29, 1.82) is 0 Å². The van der Waals surface area contributed by atoms with Gasteiger partial charge in [-0.15, -0.1) is 0 Å². The number of carbonyl (C=O) groups excluding carboxylic acids is 1. The zero-order chi connectivity index (χ0) is 25.8. The Morgan fingerprint density at radius 1 is 0.919 bits per heavy atom. The lowest BCUT2D eigenvalue weighted by atomic mass is 10.1. The molecule has 2 aromatic carbocycles. The van der Waals surface area contributed by atoms with Crippen LogP contribution in [0.15, 0.2) is 54.6 Å². The van der Waals surface area contributed by atoms with Crippen molar-refractivity contribution < 1.29 is 4.79 Å². The molecule has 1 aliphatic heterocycles. The summed E-state index contributed by atoms with van der Waals surface area (Å²) in [5.74, 6) is 1.97. The van der Waals surface area contributed by atoms with Crippen molar-refractivity contribution in [3.05, 3.63) is 77.2 Å². The van der Waals surface area contributed by atoms with E-state index in [0.29, 0.717) is 19.4 Å². The van der Waals surface area contributed by atoms with Crippen LogP contribution < -0.4 is 4.90 Å². The Labute approximate surface area is 219 Å². The van der Waals surface area contributed by atoms with Crippen molar-refractivity contribution in [1.82, 2.24) is 24.6 Å². The highest BCUT2D eigenvalue weighted by Gasteiger charge is 2.25. The summed E-state index contributed by atoms with van der Waals surface area (Å²) in [5.41, 5.74) is 5.14. The summed E-state index contributed by atoms with van der Waals surface area (Å²) < 4.78 is 1.94. The van der Waals surface area contributed by atoms with Gasteiger partial charge in [-0.05, 0) is 44.4 Å². The average molecular weight is 497 g/mol. The van der Waals surface area contributed by atoms with E-state index in [1.54, 1.807) is 0 Å². The van der Waals surface area contributed by atoms with Crippen molar-refractivity contribution in [2.24, 2.45) is 0 Å². The lowest BCUT2D eigenvalue weighted by Gasteiger charge is -2.24. The van der Waals surface area contributed by atoms with Gasteiger partial charge in [0.2, 0.25) is 5.91 Å². The van der Waals surface area contributed by atoms with Crippen LogP contribution in [0.5, 0.6) is 0 Å². The molecule has 3 heterocycles. The van der Waals surface area contributed by atoms with E-state index in [0.717, 1.165) is 73.0 Å². The molecular weight excluding hydrogens is 460 g/mol. The van der Waals surface area contributed by atoms with E-state index in [9.17, 15) is 4.79 Å². The van der Waals surface area contributed by atoms with Gasteiger partial charge >= 0.3 is 0 Å². The second-order valence-corrected chi connectivity index (χ2v) is 9.98. The highest BCUT2D eigenvalue weighted by molar-refractivity contribution is 5.91.